The fraction of sp³-hybridized carbons (Fsp3) is 0.348. The van der Waals surface area contributed by atoms with E-state index >= 15 is 0 Å². The fourth-order valence-corrected chi connectivity index (χ4v) is 3.29. The predicted octanol–water partition coefficient (Wildman–Crippen LogP) is 3.29. The molecule has 0 saturated carbocycles. The van der Waals surface area contributed by atoms with Gasteiger partial charge < -0.3 is 20.1 Å². The Kier molecular flexibility index (Phi) is 6.17. The molecule has 0 aliphatic carbocycles. The van der Waals surface area contributed by atoms with Crippen LogP contribution in [0.25, 0.3) is 10.9 Å². The summed E-state index contributed by atoms with van der Waals surface area (Å²) in [5.74, 6) is 0.749. The van der Waals surface area contributed by atoms with Gasteiger partial charge in [0.15, 0.2) is 0 Å². The number of rotatable bonds is 7. The summed E-state index contributed by atoms with van der Waals surface area (Å²) in [6.07, 6.45) is -0.661. The van der Waals surface area contributed by atoms with Crippen molar-refractivity contribution >= 4 is 10.9 Å². The number of benzene rings is 2. The molecule has 1 heterocycles. The highest BCUT2D eigenvalue weighted by molar-refractivity contribution is 5.82. The maximum Gasteiger partial charge on any atom is 0.252 e. The van der Waals surface area contributed by atoms with Crippen molar-refractivity contribution in [2.45, 2.75) is 40.3 Å². The Bertz CT molecular complexity index is 1040. The average molecular weight is 380 g/mol. The Hall–Kier alpha value is -2.63. The second-order valence-electron chi connectivity index (χ2n) is 7.51. The first kappa shape index (κ1) is 20.1. The maximum atomic E-state index is 12.3. The van der Waals surface area contributed by atoms with Gasteiger partial charge in [-0.25, -0.2) is 0 Å². The summed E-state index contributed by atoms with van der Waals surface area (Å²) in [4.78, 5) is 15.3. The average Bonchev–Trinajstić information content (AvgIpc) is 2.64. The van der Waals surface area contributed by atoms with Crippen LogP contribution in [-0.4, -0.2) is 29.3 Å². The van der Waals surface area contributed by atoms with E-state index in [0.717, 1.165) is 33.3 Å². The summed E-state index contributed by atoms with van der Waals surface area (Å²) in [7, 11) is 0. The zero-order valence-electron chi connectivity index (χ0n) is 16.9. The molecule has 0 saturated heterocycles. The molecule has 0 fully saturated rings. The topological polar surface area (TPSA) is 74.4 Å². The summed E-state index contributed by atoms with van der Waals surface area (Å²) < 4.78 is 5.66. The van der Waals surface area contributed by atoms with Crippen molar-refractivity contribution in [2.75, 3.05) is 13.2 Å². The quantitative estimate of drug-likeness (QED) is 0.588. The molecule has 0 bridgehead atoms. The highest BCUT2D eigenvalue weighted by atomic mass is 16.5. The van der Waals surface area contributed by atoms with Gasteiger partial charge in [0.05, 0.1) is 5.52 Å². The van der Waals surface area contributed by atoms with Gasteiger partial charge in [-0.1, -0.05) is 17.7 Å². The number of aliphatic hydroxyl groups excluding tert-OH is 1. The van der Waals surface area contributed by atoms with Crippen molar-refractivity contribution in [1.82, 2.24) is 10.3 Å². The molecule has 3 aromatic rings. The Balaban J connectivity index is 1.56. The molecule has 148 valence electrons. The number of H-pyrrole nitrogens is 1. The molecular weight excluding hydrogens is 352 g/mol. The lowest BCUT2D eigenvalue weighted by molar-refractivity contribution is 0.106. The van der Waals surface area contributed by atoms with Crippen molar-refractivity contribution in [2.24, 2.45) is 0 Å². The van der Waals surface area contributed by atoms with Crippen LogP contribution < -0.4 is 15.6 Å². The van der Waals surface area contributed by atoms with Gasteiger partial charge in [0.2, 0.25) is 0 Å². The summed E-state index contributed by atoms with van der Waals surface area (Å²) in [5, 5.41) is 14.3. The lowest BCUT2D eigenvalue weighted by Crippen LogP contribution is -2.32. The molecule has 0 amide bonds. The lowest BCUT2D eigenvalue weighted by Gasteiger charge is -2.14. The molecule has 0 aliphatic rings. The van der Waals surface area contributed by atoms with Gasteiger partial charge in [0, 0.05) is 18.7 Å². The third kappa shape index (κ3) is 4.80. The Morgan fingerprint density at radius 2 is 1.82 bits per heavy atom. The van der Waals surface area contributed by atoms with Gasteiger partial charge >= 0.3 is 0 Å². The first-order valence-electron chi connectivity index (χ1n) is 9.55. The van der Waals surface area contributed by atoms with E-state index in [2.05, 4.69) is 29.4 Å². The Morgan fingerprint density at radius 1 is 1.04 bits per heavy atom. The van der Waals surface area contributed by atoms with Crippen LogP contribution in [0.4, 0.5) is 0 Å². The van der Waals surface area contributed by atoms with Crippen LogP contribution in [0, 0.1) is 27.7 Å². The molecule has 28 heavy (non-hydrogen) atoms. The molecule has 5 nitrogen and oxygen atoms in total. The van der Waals surface area contributed by atoms with Crippen LogP contribution in [0.3, 0.4) is 0 Å². The van der Waals surface area contributed by atoms with Crippen LogP contribution in [0.2, 0.25) is 0 Å². The van der Waals surface area contributed by atoms with Gasteiger partial charge in [-0.15, -0.1) is 0 Å². The molecule has 1 atom stereocenters. The second-order valence-corrected chi connectivity index (χ2v) is 7.51. The van der Waals surface area contributed by atoms with E-state index in [1.54, 1.807) is 0 Å². The van der Waals surface area contributed by atoms with Crippen molar-refractivity contribution < 1.29 is 9.84 Å². The highest BCUT2D eigenvalue weighted by Crippen LogP contribution is 2.18. The van der Waals surface area contributed by atoms with E-state index in [-0.39, 0.29) is 12.2 Å². The minimum atomic E-state index is -0.661. The first-order chi connectivity index (χ1) is 13.3. The lowest BCUT2D eigenvalue weighted by atomic mass is 10.1. The van der Waals surface area contributed by atoms with Gasteiger partial charge in [-0.3, -0.25) is 4.79 Å². The predicted molar refractivity (Wildman–Crippen MR) is 113 cm³/mol. The molecule has 5 heteroatoms. The first-order valence-corrected chi connectivity index (χ1v) is 9.55. The smallest absolute Gasteiger partial charge is 0.252 e. The molecule has 0 spiro atoms. The number of hydrogen-bond acceptors (Lipinski definition) is 4. The molecule has 0 aliphatic heterocycles. The monoisotopic (exact) mass is 380 g/mol. The number of hydrogen-bond donors (Lipinski definition) is 3. The number of aromatic nitrogens is 1. The number of aromatic amines is 1. The van der Waals surface area contributed by atoms with Gasteiger partial charge in [-0.05, 0) is 74.0 Å². The Morgan fingerprint density at radius 3 is 2.57 bits per heavy atom. The van der Waals surface area contributed by atoms with Crippen LogP contribution >= 0.6 is 0 Å². The fourth-order valence-electron chi connectivity index (χ4n) is 3.29. The molecular formula is C23H28N2O3. The standard InChI is InChI=1S/C23H28N2O3/c1-14-7-17(4)22-18(8-14)10-19(23(27)25-22)11-24-12-20(26)13-28-21-6-5-15(2)16(3)9-21/h5-10,20,24,26H,11-13H2,1-4H3,(H,25,27). The van der Waals surface area contributed by atoms with E-state index in [1.807, 2.05) is 45.0 Å². The largest absolute Gasteiger partial charge is 0.491 e. The Labute approximate surface area is 165 Å². The third-order valence-corrected chi connectivity index (χ3v) is 4.99. The van der Waals surface area contributed by atoms with E-state index in [9.17, 15) is 9.90 Å². The van der Waals surface area contributed by atoms with Gasteiger partial charge in [0.25, 0.3) is 5.56 Å². The van der Waals surface area contributed by atoms with E-state index in [0.29, 0.717) is 18.7 Å². The van der Waals surface area contributed by atoms with Crippen molar-refractivity contribution in [3.63, 3.8) is 0 Å². The number of aryl methyl sites for hydroxylation is 4. The number of fused-ring (bicyclic) bond motifs is 1. The minimum absolute atomic E-state index is 0.104. The number of ether oxygens (including phenoxy) is 1. The molecule has 0 radical (unpaired) electrons. The number of nitrogens with one attached hydrogen (secondary N) is 2. The third-order valence-electron chi connectivity index (χ3n) is 4.99. The summed E-state index contributed by atoms with van der Waals surface area (Å²) in [6, 6.07) is 11.9. The molecule has 3 N–H and O–H groups in total. The van der Waals surface area contributed by atoms with Crippen LogP contribution in [0.15, 0.2) is 41.2 Å². The van der Waals surface area contributed by atoms with Crippen molar-refractivity contribution in [3.05, 3.63) is 74.6 Å². The summed E-state index contributed by atoms with van der Waals surface area (Å²) >= 11 is 0. The van der Waals surface area contributed by atoms with Crippen LogP contribution in [0.5, 0.6) is 5.75 Å². The van der Waals surface area contributed by atoms with E-state index in [1.165, 1.54) is 5.56 Å². The maximum absolute atomic E-state index is 12.3. The molecule has 1 aromatic heterocycles. The highest BCUT2D eigenvalue weighted by Gasteiger charge is 2.09. The zero-order chi connectivity index (χ0) is 20.3. The van der Waals surface area contributed by atoms with Gasteiger partial charge in [0.1, 0.15) is 18.5 Å². The zero-order valence-corrected chi connectivity index (χ0v) is 16.9. The number of pyridine rings is 1. The van der Waals surface area contributed by atoms with Gasteiger partial charge in [-0.2, -0.15) is 0 Å². The van der Waals surface area contributed by atoms with Crippen molar-refractivity contribution in [3.8, 4) is 5.75 Å². The second kappa shape index (κ2) is 8.59. The van der Waals surface area contributed by atoms with E-state index in [4.69, 9.17) is 4.74 Å². The summed E-state index contributed by atoms with van der Waals surface area (Å²) in [5.41, 5.74) is 6.01. The SMILES string of the molecule is Cc1cc(C)c2[nH]c(=O)c(CNCC(O)COc3ccc(C)c(C)c3)cc2c1. The van der Waals surface area contributed by atoms with E-state index < -0.39 is 6.10 Å². The summed E-state index contributed by atoms with van der Waals surface area (Å²) in [6.45, 7) is 9.05. The molecule has 2 aromatic carbocycles. The molecule has 1 unspecified atom stereocenters. The van der Waals surface area contributed by atoms with Crippen LogP contribution in [-0.2, 0) is 6.54 Å². The molecule has 3 rings (SSSR count). The minimum Gasteiger partial charge on any atom is -0.491 e. The van der Waals surface area contributed by atoms with Crippen molar-refractivity contribution in [1.29, 1.82) is 0 Å². The van der Waals surface area contributed by atoms with Crippen LogP contribution in [0.1, 0.15) is 27.8 Å². The normalized spacial score (nSPS) is 12.3. The number of aliphatic hydroxyl groups is 1.